The van der Waals surface area contributed by atoms with Gasteiger partial charge >= 0.3 is 0 Å². The van der Waals surface area contributed by atoms with Crippen molar-refractivity contribution in [1.29, 1.82) is 0 Å². The normalized spacial score (nSPS) is 13.3. The second-order valence-electron chi connectivity index (χ2n) is 6.05. The minimum atomic E-state index is 0.208. The molecule has 0 fully saturated rings. The molecule has 0 aliphatic rings. The van der Waals surface area contributed by atoms with Crippen LogP contribution in [0.4, 0.5) is 0 Å². The van der Waals surface area contributed by atoms with Gasteiger partial charge in [-0.15, -0.1) is 0 Å². The second-order valence-corrected chi connectivity index (χ2v) is 6.48. The van der Waals surface area contributed by atoms with Crippen LogP contribution in [0.3, 0.4) is 0 Å². The molecular weight excluding hydrogens is 254 g/mol. The van der Waals surface area contributed by atoms with Gasteiger partial charge in [-0.05, 0) is 29.7 Å². The largest absolute Gasteiger partial charge is 0.253 e. The van der Waals surface area contributed by atoms with Crippen LogP contribution in [0.15, 0.2) is 42.5 Å². The van der Waals surface area contributed by atoms with E-state index in [9.17, 15) is 0 Å². The van der Waals surface area contributed by atoms with Crippen molar-refractivity contribution in [3.63, 3.8) is 0 Å². The molecule has 1 heterocycles. The molecule has 2 heteroatoms. The molecule has 1 nitrogen and oxygen atoms in total. The summed E-state index contributed by atoms with van der Waals surface area (Å²) in [6.07, 6.45) is 0. The van der Waals surface area contributed by atoms with Crippen LogP contribution in [-0.2, 0) is 0 Å². The van der Waals surface area contributed by atoms with Crippen LogP contribution >= 0.6 is 11.6 Å². The van der Waals surface area contributed by atoms with Crippen LogP contribution in [0.25, 0.3) is 11.3 Å². The van der Waals surface area contributed by atoms with Gasteiger partial charge in [0.25, 0.3) is 0 Å². The maximum absolute atomic E-state index is 6.04. The van der Waals surface area contributed by atoms with Gasteiger partial charge in [0.2, 0.25) is 0 Å². The number of halogens is 1. The van der Waals surface area contributed by atoms with Gasteiger partial charge in [0.15, 0.2) is 0 Å². The third kappa shape index (κ3) is 3.36. The maximum Gasteiger partial charge on any atom is 0.0705 e. The third-order valence-corrected chi connectivity index (χ3v) is 3.87. The molecule has 0 unspecified atom stereocenters. The van der Waals surface area contributed by atoms with Crippen molar-refractivity contribution in [2.45, 2.75) is 33.6 Å². The summed E-state index contributed by atoms with van der Waals surface area (Å²) in [7, 11) is 0. The highest BCUT2D eigenvalue weighted by molar-refractivity contribution is 6.30. The lowest BCUT2D eigenvalue weighted by Gasteiger charge is -2.27. The lowest BCUT2D eigenvalue weighted by atomic mass is 9.80. The molecule has 0 spiro atoms. The van der Waals surface area contributed by atoms with Gasteiger partial charge in [0.05, 0.1) is 5.69 Å². The Bertz CT molecular complexity index is 569. The molecule has 0 saturated heterocycles. The molecule has 0 saturated carbocycles. The quantitative estimate of drug-likeness (QED) is 0.699. The summed E-state index contributed by atoms with van der Waals surface area (Å²) in [4.78, 5) is 4.79. The van der Waals surface area contributed by atoms with Gasteiger partial charge in [0.1, 0.15) is 0 Å². The first-order valence-corrected chi connectivity index (χ1v) is 6.98. The van der Waals surface area contributed by atoms with E-state index in [1.165, 1.54) is 0 Å². The van der Waals surface area contributed by atoms with Crippen LogP contribution in [0.2, 0.25) is 5.02 Å². The maximum atomic E-state index is 6.04. The zero-order chi connectivity index (χ0) is 14.0. The average molecular weight is 274 g/mol. The minimum Gasteiger partial charge on any atom is -0.253 e. The molecule has 0 bridgehead atoms. The summed E-state index contributed by atoms with van der Waals surface area (Å²) in [5.74, 6) is 0.409. The van der Waals surface area contributed by atoms with E-state index in [4.69, 9.17) is 16.6 Å². The van der Waals surface area contributed by atoms with Crippen LogP contribution < -0.4 is 0 Å². The topological polar surface area (TPSA) is 12.9 Å². The Hall–Kier alpha value is -1.34. The van der Waals surface area contributed by atoms with Gasteiger partial charge in [-0.2, -0.15) is 0 Å². The van der Waals surface area contributed by atoms with E-state index in [-0.39, 0.29) is 5.41 Å². The van der Waals surface area contributed by atoms with Crippen LogP contribution in [0.5, 0.6) is 0 Å². The highest BCUT2D eigenvalue weighted by Gasteiger charge is 2.22. The Labute approximate surface area is 120 Å². The van der Waals surface area contributed by atoms with Gasteiger partial charge in [0, 0.05) is 22.2 Å². The standard InChI is InChI=1S/C17H20ClN/c1-12(17(2,3)4)15-9-6-10-16(19-15)13-7-5-8-14(18)11-13/h5-12H,1-4H3/t12-/m0/s1. The molecule has 0 amide bonds. The van der Waals surface area contributed by atoms with Crippen molar-refractivity contribution < 1.29 is 0 Å². The lowest BCUT2D eigenvalue weighted by molar-refractivity contribution is 0.334. The number of nitrogens with zero attached hydrogens (tertiary/aromatic N) is 1. The summed E-state index contributed by atoms with van der Waals surface area (Å²) < 4.78 is 0. The van der Waals surface area contributed by atoms with Gasteiger partial charge in [-0.1, -0.05) is 57.5 Å². The number of hydrogen-bond donors (Lipinski definition) is 0. The Kier molecular flexibility index (Phi) is 3.96. The van der Waals surface area contributed by atoms with Crippen molar-refractivity contribution in [1.82, 2.24) is 4.98 Å². The molecular formula is C17H20ClN. The second kappa shape index (κ2) is 5.34. The Morgan fingerprint density at radius 3 is 2.37 bits per heavy atom. The first-order valence-electron chi connectivity index (χ1n) is 6.61. The zero-order valence-electron chi connectivity index (χ0n) is 11.9. The number of benzene rings is 1. The van der Waals surface area contributed by atoms with Crippen molar-refractivity contribution in [2.75, 3.05) is 0 Å². The molecule has 0 radical (unpaired) electrons. The Morgan fingerprint density at radius 2 is 1.74 bits per heavy atom. The summed E-state index contributed by atoms with van der Waals surface area (Å²) in [5, 5.41) is 0.744. The first-order chi connectivity index (χ1) is 8.88. The fourth-order valence-electron chi connectivity index (χ4n) is 1.94. The van der Waals surface area contributed by atoms with Crippen molar-refractivity contribution in [2.24, 2.45) is 5.41 Å². The monoisotopic (exact) mass is 273 g/mol. The molecule has 1 aromatic heterocycles. The van der Waals surface area contributed by atoms with E-state index in [0.29, 0.717) is 5.92 Å². The highest BCUT2D eigenvalue weighted by Crippen LogP contribution is 2.34. The Balaban J connectivity index is 2.40. The molecule has 0 N–H and O–H groups in total. The van der Waals surface area contributed by atoms with E-state index in [1.807, 2.05) is 30.3 Å². The van der Waals surface area contributed by atoms with E-state index < -0.39 is 0 Å². The van der Waals surface area contributed by atoms with Crippen molar-refractivity contribution >= 4 is 11.6 Å². The van der Waals surface area contributed by atoms with Crippen molar-refractivity contribution in [3.05, 3.63) is 53.2 Å². The number of pyridine rings is 1. The van der Waals surface area contributed by atoms with Gasteiger partial charge in [-0.25, -0.2) is 0 Å². The van der Waals surface area contributed by atoms with Gasteiger partial charge in [-0.3, -0.25) is 4.98 Å². The highest BCUT2D eigenvalue weighted by atomic mass is 35.5. The zero-order valence-corrected chi connectivity index (χ0v) is 12.7. The molecule has 1 aromatic carbocycles. The average Bonchev–Trinajstić information content (AvgIpc) is 2.37. The van der Waals surface area contributed by atoms with E-state index >= 15 is 0 Å². The summed E-state index contributed by atoms with van der Waals surface area (Å²) in [6.45, 7) is 8.95. The molecule has 0 aliphatic heterocycles. The van der Waals surface area contributed by atoms with E-state index in [0.717, 1.165) is 22.0 Å². The predicted molar refractivity (Wildman–Crippen MR) is 82.6 cm³/mol. The van der Waals surface area contributed by atoms with Crippen LogP contribution in [-0.4, -0.2) is 4.98 Å². The van der Waals surface area contributed by atoms with Crippen LogP contribution in [0.1, 0.15) is 39.3 Å². The van der Waals surface area contributed by atoms with Gasteiger partial charge < -0.3 is 0 Å². The lowest BCUT2D eigenvalue weighted by Crippen LogP contribution is -2.16. The smallest absolute Gasteiger partial charge is 0.0705 e. The summed E-state index contributed by atoms with van der Waals surface area (Å²) >= 11 is 6.04. The SMILES string of the molecule is C[C@@H](c1cccc(-c2cccc(Cl)c2)n1)C(C)(C)C. The third-order valence-electron chi connectivity index (χ3n) is 3.63. The van der Waals surface area contributed by atoms with E-state index in [2.05, 4.69) is 39.8 Å². The van der Waals surface area contributed by atoms with Crippen molar-refractivity contribution in [3.8, 4) is 11.3 Å². The fourth-order valence-corrected chi connectivity index (χ4v) is 2.14. The van der Waals surface area contributed by atoms with E-state index in [1.54, 1.807) is 0 Å². The molecule has 2 aromatic rings. The Morgan fingerprint density at radius 1 is 1.05 bits per heavy atom. The minimum absolute atomic E-state index is 0.208. The van der Waals surface area contributed by atoms with Crippen LogP contribution in [0, 0.1) is 5.41 Å². The fraction of sp³-hybridized carbons (Fsp3) is 0.353. The molecule has 19 heavy (non-hydrogen) atoms. The number of hydrogen-bond acceptors (Lipinski definition) is 1. The summed E-state index contributed by atoms with van der Waals surface area (Å²) in [6, 6.07) is 14.0. The number of rotatable bonds is 2. The molecule has 0 aliphatic carbocycles. The molecule has 1 atom stereocenters. The summed E-state index contributed by atoms with van der Waals surface area (Å²) in [5.41, 5.74) is 3.39. The molecule has 100 valence electrons. The molecule has 2 rings (SSSR count). The predicted octanol–water partition coefficient (Wildman–Crippen LogP) is 5.55. The number of aromatic nitrogens is 1. The first kappa shape index (κ1) is 14.1.